The van der Waals surface area contributed by atoms with Gasteiger partial charge in [-0.3, -0.25) is 0 Å². The molecule has 1 aliphatic carbocycles. The lowest BCUT2D eigenvalue weighted by Gasteiger charge is -2.32. The molecule has 1 rings (SSSR count). The van der Waals surface area contributed by atoms with Crippen molar-refractivity contribution in [2.24, 2.45) is 0 Å². The average Bonchev–Trinajstić information content (AvgIpc) is 2.26. The van der Waals surface area contributed by atoms with Crippen LogP contribution in [-0.2, 0) is 0 Å². The highest BCUT2D eigenvalue weighted by atomic mass is 32.2. The Kier molecular flexibility index (Phi) is 6.09. The molecule has 0 aliphatic heterocycles. The summed E-state index contributed by atoms with van der Waals surface area (Å²) in [5, 5.41) is 12.2. The first-order valence-electron chi connectivity index (χ1n) is 6.05. The summed E-state index contributed by atoms with van der Waals surface area (Å²) in [6.07, 6.45) is -2.61. The van der Waals surface area contributed by atoms with Crippen LogP contribution in [0, 0.1) is 0 Å². The van der Waals surface area contributed by atoms with Gasteiger partial charge in [0.2, 0.25) is 0 Å². The van der Waals surface area contributed by atoms with Crippen molar-refractivity contribution in [3.8, 4) is 0 Å². The molecule has 0 aromatic carbocycles. The summed E-state index contributed by atoms with van der Waals surface area (Å²) in [4.78, 5) is 0. The fourth-order valence-corrected chi connectivity index (χ4v) is 3.35. The Morgan fingerprint density at radius 1 is 1.35 bits per heavy atom. The number of aliphatic hydroxyl groups is 1. The summed E-state index contributed by atoms with van der Waals surface area (Å²) in [6.45, 7) is 1.66. The highest BCUT2D eigenvalue weighted by molar-refractivity contribution is 7.99. The van der Waals surface area contributed by atoms with Gasteiger partial charge in [-0.05, 0) is 18.6 Å². The van der Waals surface area contributed by atoms with Crippen molar-refractivity contribution in [2.45, 2.75) is 56.2 Å². The molecule has 2 nitrogen and oxygen atoms in total. The Hall–Kier alpha value is 0.0600. The predicted molar refractivity (Wildman–Crippen MR) is 64.2 cm³/mol. The fourth-order valence-electron chi connectivity index (χ4n) is 2.12. The summed E-state index contributed by atoms with van der Waals surface area (Å²) in [5.74, 6) is 0.977. The smallest absolute Gasteiger partial charge is 0.382 e. The van der Waals surface area contributed by atoms with Crippen LogP contribution < -0.4 is 5.32 Å². The van der Waals surface area contributed by atoms with E-state index in [4.69, 9.17) is 5.11 Å². The van der Waals surface area contributed by atoms with E-state index in [1.807, 2.05) is 0 Å². The zero-order valence-electron chi connectivity index (χ0n) is 9.96. The second kappa shape index (κ2) is 6.85. The number of alkyl halides is 3. The molecule has 0 saturated heterocycles. The third kappa shape index (κ3) is 5.06. The standard InChI is InChI=1S/C11H20F3NOS/c1-2-17-9-6-4-3-5-8(9)15-7-10(16)11(12,13)14/h8-10,15-16H,2-7H2,1H3/t8-,9-,10-/m1/s1. The van der Waals surface area contributed by atoms with Crippen LogP contribution >= 0.6 is 11.8 Å². The summed E-state index contributed by atoms with van der Waals surface area (Å²) < 4.78 is 36.5. The number of halogens is 3. The van der Waals surface area contributed by atoms with Crippen molar-refractivity contribution in [1.29, 1.82) is 0 Å². The van der Waals surface area contributed by atoms with E-state index in [9.17, 15) is 13.2 Å². The van der Waals surface area contributed by atoms with Gasteiger partial charge in [0.25, 0.3) is 0 Å². The van der Waals surface area contributed by atoms with E-state index in [0.717, 1.165) is 31.4 Å². The zero-order chi connectivity index (χ0) is 12.9. The third-order valence-corrected chi connectivity index (χ3v) is 4.36. The van der Waals surface area contributed by atoms with Gasteiger partial charge >= 0.3 is 6.18 Å². The van der Waals surface area contributed by atoms with Crippen LogP contribution in [0.1, 0.15) is 32.6 Å². The van der Waals surface area contributed by atoms with Gasteiger partial charge in [-0.2, -0.15) is 24.9 Å². The van der Waals surface area contributed by atoms with E-state index in [-0.39, 0.29) is 6.04 Å². The quantitative estimate of drug-likeness (QED) is 0.806. The van der Waals surface area contributed by atoms with Crippen LogP contribution in [0.2, 0.25) is 0 Å². The Labute approximate surface area is 104 Å². The fraction of sp³-hybridized carbons (Fsp3) is 1.00. The van der Waals surface area contributed by atoms with Gasteiger partial charge < -0.3 is 10.4 Å². The number of nitrogens with one attached hydrogen (secondary N) is 1. The monoisotopic (exact) mass is 271 g/mol. The maximum Gasteiger partial charge on any atom is 0.415 e. The molecule has 0 bridgehead atoms. The number of hydrogen-bond acceptors (Lipinski definition) is 3. The minimum absolute atomic E-state index is 0.102. The lowest BCUT2D eigenvalue weighted by atomic mass is 9.95. The molecule has 1 fully saturated rings. The lowest BCUT2D eigenvalue weighted by Crippen LogP contribution is -2.47. The lowest BCUT2D eigenvalue weighted by molar-refractivity contribution is -0.202. The van der Waals surface area contributed by atoms with Gasteiger partial charge in [0.1, 0.15) is 0 Å². The molecule has 0 radical (unpaired) electrons. The zero-order valence-corrected chi connectivity index (χ0v) is 10.8. The van der Waals surface area contributed by atoms with E-state index >= 15 is 0 Å². The van der Waals surface area contributed by atoms with Crippen LogP contribution in [0.5, 0.6) is 0 Å². The van der Waals surface area contributed by atoms with Gasteiger partial charge in [-0.1, -0.05) is 19.8 Å². The Morgan fingerprint density at radius 2 is 2.00 bits per heavy atom. The van der Waals surface area contributed by atoms with Crippen molar-refractivity contribution >= 4 is 11.8 Å². The van der Waals surface area contributed by atoms with Crippen molar-refractivity contribution in [3.63, 3.8) is 0 Å². The topological polar surface area (TPSA) is 32.3 Å². The number of hydrogen-bond donors (Lipinski definition) is 2. The molecule has 2 N–H and O–H groups in total. The van der Waals surface area contributed by atoms with Crippen molar-refractivity contribution in [1.82, 2.24) is 5.32 Å². The molecule has 0 aromatic rings. The second-order valence-electron chi connectivity index (χ2n) is 4.35. The predicted octanol–water partition coefficient (Wildman–Crippen LogP) is 2.56. The van der Waals surface area contributed by atoms with Gasteiger partial charge in [-0.15, -0.1) is 0 Å². The first-order chi connectivity index (χ1) is 7.95. The Bertz CT molecular complexity index is 223. The number of thioether (sulfide) groups is 1. The van der Waals surface area contributed by atoms with E-state index in [2.05, 4.69) is 12.2 Å². The molecule has 1 aliphatic rings. The number of aliphatic hydroxyl groups excluding tert-OH is 1. The van der Waals surface area contributed by atoms with Crippen LogP contribution in [0.4, 0.5) is 13.2 Å². The van der Waals surface area contributed by atoms with Crippen LogP contribution in [0.3, 0.4) is 0 Å². The summed E-state index contributed by atoms with van der Waals surface area (Å²) in [7, 11) is 0. The molecular formula is C11H20F3NOS. The minimum atomic E-state index is -4.52. The molecular weight excluding hydrogens is 251 g/mol. The molecule has 17 heavy (non-hydrogen) atoms. The first kappa shape index (κ1) is 15.1. The van der Waals surface area contributed by atoms with E-state index in [1.54, 1.807) is 11.8 Å². The van der Waals surface area contributed by atoms with Gasteiger partial charge in [-0.25, -0.2) is 0 Å². The maximum atomic E-state index is 12.2. The highest BCUT2D eigenvalue weighted by Gasteiger charge is 2.38. The first-order valence-corrected chi connectivity index (χ1v) is 7.09. The van der Waals surface area contributed by atoms with E-state index < -0.39 is 18.8 Å². The van der Waals surface area contributed by atoms with Crippen molar-refractivity contribution < 1.29 is 18.3 Å². The molecule has 102 valence electrons. The van der Waals surface area contributed by atoms with Crippen LogP contribution in [0.25, 0.3) is 0 Å². The molecule has 3 atom stereocenters. The van der Waals surface area contributed by atoms with Crippen LogP contribution in [-0.4, -0.2) is 41.0 Å². The largest absolute Gasteiger partial charge is 0.415 e. The Morgan fingerprint density at radius 3 is 2.59 bits per heavy atom. The average molecular weight is 271 g/mol. The highest BCUT2D eigenvalue weighted by Crippen LogP contribution is 2.29. The molecule has 0 heterocycles. The van der Waals surface area contributed by atoms with Gasteiger partial charge in [0.15, 0.2) is 6.10 Å². The molecule has 0 unspecified atom stereocenters. The maximum absolute atomic E-state index is 12.2. The van der Waals surface area contributed by atoms with E-state index in [0.29, 0.717) is 5.25 Å². The Balaban J connectivity index is 2.37. The molecule has 0 spiro atoms. The summed E-state index contributed by atoms with van der Waals surface area (Å²) >= 11 is 1.79. The minimum Gasteiger partial charge on any atom is -0.382 e. The van der Waals surface area contributed by atoms with Crippen molar-refractivity contribution in [3.05, 3.63) is 0 Å². The van der Waals surface area contributed by atoms with Crippen molar-refractivity contribution in [2.75, 3.05) is 12.3 Å². The summed E-state index contributed by atoms with van der Waals surface area (Å²) in [6, 6.07) is 0.102. The van der Waals surface area contributed by atoms with Gasteiger partial charge in [0.05, 0.1) is 0 Å². The molecule has 6 heteroatoms. The van der Waals surface area contributed by atoms with Crippen LogP contribution in [0.15, 0.2) is 0 Å². The van der Waals surface area contributed by atoms with E-state index in [1.165, 1.54) is 0 Å². The molecule has 1 saturated carbocycles. The normalized spacial score (nSPS) is 28.1. The van der Waals surface area contributed by atoms with Gasteiger partial charge in [0, 0.05) is 17.8 Å². The molecule has 0 aromatic heterocycles. The SMILES string of the molecule is CCS[C@@H]1CCCC[C@H]1NC[C@@H](O)C(F)(F)F. The molecule has 0 amide bonds. The number of rotatable bonds is 5. The second-order valence-corrected chi connectivity index (χ2v) is 5.87. The summed E-state index contributed by atoms with van der Waals surface area (Å²) in [5.41, 5.74) is 0. The third-order valence-electron chi connectivity index (χ3n) is 3.03.